The van der Waals surface area contributed by atoms with Crippen molar-refractivity contribution in [2.45, 2.75) is 38.6 Å². The van der Waals surface area contributed by atoms with Crippen LogP contribution < -0.4 is 11.3 Å². The molecule has 0 aromatic heterocycles. The lowest BCUT2D eigenvalue weighted by Crippen LogP contribution is -2.35. The summed E-state index contributed by atoms with van der Waals surface area (Å²) in [6, 6.07) is 3.46. The van der Waals surface area contributed by atoms with Crippen LogP contribution in [0.3, 0.4) is 0 Å². The molecule has 1 aromatic carbocycles. The van der Waals surface area contributed by atoms with Crippen LogP contribution in [0.5, 0.6) is 0 Å². The van der Waals surface area contributed by atoms with Crippen LogP contribution in [-0.2, 0) is 0 Å². The average molecular weight is 254 g/mol. The van der Waals surface area contributed by atoms with Crippen LogP contribution in [-0.4, -0.2) is 0 Å². The molecule has 0 aliphatic heterocycles. The maximum atomic E-state index is 13.2. The van der Waals surface area contributed by atoms with Crippen LogP contribution in [0.15, 0.2) is 18.2 Å². The van der Waals surface area contributed by atoms with E-state index in [0.29, 0.717) is 11.5 Å². The van der Waals surface area contributed by atoms with Gasteiger partial charge in [0.1, 0.15) is 11.6 Å². The topological polar surface area (TPSA) is 38.0 Å². The highest BCUT2D eigenvalue weighted by molar-refractivity contribution is 5.22. The second-order valence-electron chi connectivity index (χ2n) is 5.37. The standard InChI is InChI=1S/C14H20F2N2/c1-9-2-4-10(5-3-9)14(18-17)11-6-12(15)8-13(16)7-11/h6-10,14,18H,2-5,17H2,1H3. The van der Waals surface area contributed by atoms with E-state index in [-0.39, 0.29) is 6.04 Å². The predicted octanol–water partition coefficient (Wildman–Crippen LogP) is 3.30. The SMILES string of the molecule is CC1CCC(C(NN)c2cc(F)cc(F)c2)CC1. The normalized spacial score (nSPS) is 26.0. The summed E-state index contributed by atoms with van der Waals surface area (Å²) in [5.41, 5.74) is 3.33. The fraction of sp³-hybridized carbons (Fsp3) is 0.571. The largest absolute Gasteiger partial charge is 0.271 e. The van der Waals surface area contributed by atoms with Gasteiger partial charge in [0.15, 0.2) is 0 Å². The number of benzene rings is 1. The second-order valence-corrected chi connectivity index (χ2v) is 5.37. The van der Waals surface area contributed by atoms with Crippen molar-refractivity contribution in [1.82, 2.24) is 5.43 Å². The zero-order chi connectivity index (χ0) is 13.1. The van der Waals surface area contributed by atoms with Gasteiger partial charge < -0.3 is 0 Å². The van der Waals surface area contributed by atoms with Gasteiger partial charge in [-0.2, -0.15) is 0 Å². The zero-order valence-electron chi connectivity index (χ0n) is 10.6. The number of nitrogens with one attached hydrogen (secondary N) is 1. The molecule has 1 atom stereocenters. The Hall–Kier alpha value is -1.00. The molecule has 1 aromatic rings. The molecule has 0 saturated heterocycles. The Balaban J connectivity index is 2.17. The molecule has 18 heavy (non-hydrogen) atoms. The van der Waals surface area contributed by atoms with Crippen molar-refractivity contribution in [2.75, 3.05) is 0 Å². The Bertz CT molecular complexity index is 381. The van der Waals surface area contributed by atoms with E-state index in [2.05, 4.69) is 12.3 Å². The van der Waals surface area contributed by atoms with Crippen molar-refractivity contribution in [3.63, 3.8) is 0 Å². The fourth-order valence-corrected chi connectivity index (χ4v) is 2.88. The minimum absolute atomic E-state index is 0.164. The third-order valence-electron chi connectivity index (χ3n) is 3.96. The summed E-state index contributed by atoms with van der Waals surface area (Å²) >= 11 is 0. The lowest BCUT2D eigenvalue weighted by atomic mass is 9.77. The van der Waals surface area contributed by atoms with Gasteiger partial charge in [-0.05, 0) is 42.4 Å². The predicted molar refractivity (Wildman–Crippen MR) is 67.5 cm³/mol. The highest BCUT2D eigenvalue weighted by Gasteiger charge is 2.27. The lowest BCUT2D eigenvalue weighted by Gasteiger charge is -2.32. The van der Waals surface area contributed by atoms with Gasteiger partial charge in [0.2, 0.25) is 0 Å². The lowest BCUT2D eigenvalue weighted by molar-refractivity contribution is 0.232. The first kappa shape index (κ1) is 13.4. The van der Waals surface area contributed by atoms with E-state index >= 15 is 0 Å². The molecule has 2 nitrogen and oxygen atoms in total. The van der Waals surface area contributed by atoms with E-state index in [0.717, 1.165) is 37.7 Å². The third kappa shape index (κ3) is 3.06. The van der Waals surface area contributed by atoms with E-state index in [1.165, 1.54) is 12.1 Å². The Morgan fingerprint density at radius 1 is 1.11 bits per heavy atom. The van der Waals surface area contributed by atoms with Gasteiger partial charge in [0, 0.05) is 12.1 Å². The van der Waals surface area contributed by atoms with Crippen LogP contribution in [0.25, 0.3) is 0 Å². The van der Waals surface area contributed by atoms with E-state index < -0.39 is 11.6 Å². The summed E-state index contributed by atoms with van der Waals surface area (Å²) < 4.78 is 26.5. The molecule has 0 amide bonds. The van der Waals surface area contributed by atoms with Gasteiger partial charge in [-0.1, -0.05) is 19.8 Å². The minimum Gasteiger partial charge on any atom is -0.271 e. The third-order valence-corrected chi connectivity index (χ3v) is 3.96. The molecule has 0 heterocycles. The Labute approximate surface area is 107 Å². The number of hydrogen-bond acceptors (Lipinski definition) is 2. The quantitative estimate of drug-likeness (QED) is 0.641. The van der Waals surface area contributed by atoms with Crippen molar-refractivity contribution < 1.29 is 8.78 Å². The van der Waals surface area contributed by atoms with E-state index in [9.17, 15) is 8.78 Å². The van der Waals surface area contributed by atoms with Gasteiger partial charge in [-0.25, -0.2) is 8.78 Å². The van der Waals surface area contributed by atoms with E-state index in [1.807, 2.05) is 0 Å². The molecule has 1 unspecified atom stereocenters. The molecule has 4 heteroatoms. The number of hydrogen-bond donors (Lipinski definition) is 2. The molecule has 1 aliphatic carbocycles. The van der Waals surface area contributed by atoms with Gasteiger partial charge >= 0.3 is 0 Å². The van der Waals surface area contributed by atoms with Crippen molar-refractivity contribution in [1.29, 1.82) is 0 Å². The number of halogens is 2. The van der Waals surface area contributed by atoms with Crippen LogP contribution in [0.2, 0.25) is 0 Å². The Kier molecular flexibility index (Phi) is 4.30. The van der Waals surface area contributed by atoms with Gasteiger partial charge in [0.25, 0.3) is 0 Å². The summed E-state index contributed by atoms with van der Waals surface area (Å²) in [7, 11) is 0. The number of hydrazine groups is 1. The first-order valence-electron chi connectivity index (χ1n) is 6.52. The number of rotatable bonds is 3. The first-order valence-corrected chi connectivity index (χ1v) is 6.52. The molecular formula is C14H20F2N2. The summed E-state index contributed by atoms with van der Waals surface area (Å²) in [5.74, 6) is 5.58. The minimum atomic E-state index is -0.547. The Morgan fingerprint density at radius 3 is 2.17 bits per heavy atom. The molecule has 3 N–H and O–H groups in total. The summed E-state index contributed by atoms with van der Waals surface area (Å²) in [6.45, 7) is 2.24. The average Bonchev–Trinajstić information content (AvgIpc) is 2.31. The highest BCUT2D eigenvalue weighted by Crippen LogP contribution is 2.36. The molecule has 0 radical (unpaired) electrons. The van der Waals surface area contributed by atoms with Crippen molar-refractivity contribution in [3.8, 4) is 0 Å². The Morgan fingerprint density at radius 2 is 1.67 bits per heavy atom. The molecule has 1 aliphatic rings. The van der Waals surface area contributed by atoms with Gasteiger partial charge in [-0.15, -0.1) is 0 Å². The van der Waals surface area contributed by atoms with E-state index in [4.69, 9.17) is 5.84 Å². The molecule has 0 spiro atoms. The molecular weight excluding hydrogens is 234 g/mol. The summed E-state index contributed by atoms with van der Waals surface area (Å²) in [4.78, 5) is 0. The zero-order valence-corrected chi connectivity index (χ0v) is 10.6. The molecule has 1 saturated carbocycles. The molecule has 0 bridgehead atoms. The fourth-order valence-electron chi connectivity index (χ4n) is 2.88. The maximum Gasteiger partial charge on any atom is 0.126 e. The molecule has 100 valence electrons. The molecule has 2 rings (SSSR count). The van der Waals surface area contributed by atoms with Crippen molar-refractivity contribution in [3.05, 3.63) is 35.4 Å². The second kappa shape index (κ2) is 5.76. The first-order chi connectivity index (χ1) is 8.60. The number of nitrogens with two attached hydrogens (primary N) is 1. The van der Waals surface area contributed by atoms with Crippen LogP contribution >= 0.6 is 0 Å². The van der Waals surface area contributed by atoms with Gasteiger partial charge in [0.05, 0.1) is 0 Å². The summed E-state index contributed by atoms with van der Waals surface area (Å²) in [5, 5.41) is 0. The van der Waals surface area contributed by atoms with Crippen LogP contribution in [0, 0.1) is 23.5 Å². The van der Waals surface area contributed by atoms with Gasteiger partial charge in [-0.3, -0.25) is 11.3 Å². The smallest absolute Gasteiger partial charge is 0.126 e. The summed E-state index contributed by atoms with van der Waals surface area (Å²) in [6.07, 6.45) is 4.41. The van der Waals surface area contributed by atoms with Crippen molar-refractivity contribution >= 4 is 0 Å². The monoisotopic (exact) mass is 254 g/mol. The molecule has 1 fully saturated rings. The van der Waals surface area contributed by atoms with E-state index in [1.54, 1.807) is 0 Å². The highest BCUT2D eigenvalue weighted by atomic mass is 19.1. The van der Waals surface area contributed by atoms with Crippen molar-refractivity contribution in [2.24, 2.45) is 17.7 Å². The maximum absolute atomic E-state index is 13.2. The van der Waals surface area contributed by atoms with Crippen LogP contribution in [0.4, 0.5) is 8.78 Å². The van der Waals surface area contributed by atoms with Crippen LogP contribution in [0.1, 0.15) is 44.2 Å².